The molecule has 0 saturated carbocycles. The van der Waals surface area contributed by atoms with E-state index in [-0.39, 0.29) is 12.5 Å². The average molecular weight is 415 g/mol. The Hall–Kier alpha value is -2.77. The van der Waals surface area contributed by atoms with Crippen LogP contribution < -0.4 is 14.4 Å². The molecule has 1 heterocycles. The van der Waals surface area contributed by atoms with Gasteiger partial charge in [0.15, 0.2) is 0 Å². The number of carbonyl (C=O) groups is 1. The number of ether oxygens (including phenoxy) is 3. The van der Waals surface area contributed by atoms with Crippen molar-refractivity contribution in [1.29, 1.82) is 0 Å². The predicted molar refractivity (Wildman–Crippen MR) is 115 cm³/mol. The Morgan fingerprint density at radius 2 is 1.77 bits per heavy atom. The molecule has 0 radical (unpaired) electrons. The number of anilines is 1. The van der Waals surface area contributed by atoms with Crippen LogP contribution in [0.4, 0.5) is 5.69 Å². The molecule has 7 heteroatoms. The fraction of sp³-hybridized carbons (Fsp3) is 0.435. The molecule has 0 fully saturated rings. The molecule has 0 saturated heterocycles. The zero-order valence-corrected chi connectivity index (χ0v) is 17.6. The number of aliphatic hydroxyl groups is 1. The molecule has 1 aliphatic rings. The van der Waals surface area contributed by atoms with Crippen LogP contribution in [-0.2, 0) is 16.1 Å². The van der Waals surface area contributed by atoms with Gasteiger partial charge in [-0.05, 0) is 35.9 Å². The molecule has 0 aliphatic carbocycles. The quantitative estimate of drug-likeness (QED) is 0.679. The topological polar surface area (TPSA) is 71.5 Å². The van der Waals surface area contributed by atoms with E-state index in [0.717, 1.165) is 17.0 Å². The third-order valence-corrected chi connectivity index (χ3v) is 5.14. The number of aliphatic hydroxyl groups excluding tert-OH is 1. The highest BCUT2D eigenvalue weighted by Gasteiger charge is 2.23. The molecule has 2 aromatic carbocycles. The number of para-hydroxylation sites is 1. The Morgan fingerprint density at radius 1 is 1.03 bits per heavy atom. The third kappa shape index (κ3) is 5.87. The van der Waals surface area contributed by atoms with Gasteiger partial charge in [0.05, 0.1) is 13.7 Å². The van der Waals surface area contributed by atoms with Crippen LogP contribution in [0.2, 0.25) is 0 Å². The lowest BCUT2D eigenvalue weighted by molar-refractivity contribution is -0.132. The predicted octanol–water partition coefficient (Wildman–Crippen LogP) is 2.32. The lowest BCUT2D eigenvalue weighted by Crippen LogP contribution is -2.42. The lowest BCUT2D eigenvalue weighted by atomic mass is 10.1. The maximum absolute atomic E-state index is 12.6. The SMILES string of the molecule is COCCN1Cc2ccccc2N(CC(O)COc2ccc(OC)cc2)CCC1=O. The van der Waals surface area contributed by atoms with Gasteiger partial charge in [-0.2, -0.15) is 0 Å². The molecule has 30 heavy (non-hydrogen) atoms. The molecule has 1 atom stereocenters. The van der Waals surface area contributed by atoms with Crippen LogP contribution >= 0.6 is 0 Å². The first-order valence-corrected chi connectivity index (χ1v) is 10.1. The minimum absolute atomic E-state index is 0.0931. The number of benzene rings is 2. The third-order valence-electron chi connectivity index (χ3n) is 5.14. The van der Waals surface area contributed by atoms with Crippen molar-refractivity contribution in [3.8, 4) is 11.5 Å². The van der Waals surface area contributed by atoms with E-state index in [4.69, 9.17) is 14.2 Å². The molecule has 1 N–H and O–H groups in total. The summed E-state index contributed by atoms with van der Waals surface area (Å²) in [5, 5.41) is 10.6. The van der Waals surface area contributed by atoms with E-state index in [2.05, 4.69) is 4.90 Å². The van der Waals surface area contributed by atoms with Crippen LogP contribution in [0.15, 0.2) is 48.5 Å². The summed E-state index contributed by atoms with van der Waals surface area (Å²) in [6.45, 7) is 2.71. The van der Waals surface area contributed by atoms with E-state index < -0.39 is 6.10 Å². The molecule has 2 aromatic rings. The normalized spacial score (nSPS) is 15.2. The molecule has 3 rings (SSSR count). The maximum atomic E-state index is 12.6. The monoisotopic (exact) mass is 414 g/mol. The molecular weight excluding hydrogens is 384 g/mol. The Labute approximate surface area is 177 Å². The van der Waals surface area contributed by atoms with Crippen LogP contribution in [0.5, 0.6) is 11.5 Å². The highest BCUT2D eigenvalue weighted by Crippen LogP contribution is 2.25. The summed E-state index contributed by atoms with van der Waals surface area (Å²) in [5.41, 5.74) is 2.10. The highest BCUT2D eigenvalue weighted by molar-refractivity contribution is 5.78. The van der Waals surface area contributed by atoms with Crippen molar-refractivity contribution in [2.24, 2.45) is 0 Å². The van der Waals surface area contributed by atoms with Gasteiger partial charge in [-0.1, -0.05) is 18.2 Å². The van der Waals surface area contributed by atoms with Crippen molar-refractivity contribution >= 4 is 11.6 Å². The number of carbonyl (C=O) groups excluding carboxylic acids is 1. The van der Waals surface area contributed by atoms with Gasteiger partial charge in [-0.25, -0.2) is 0 Å². The smallest absolute Gasteiger partial charge is 0.224 e. The van der Waals surface area contributed by atoms with Gasteiger partial charge in [0.1, 0.15) is 24.2 Å². The second kappa shape index (κ2) is 10.8. The van der Waals surface area contributed by atoms with Gasteiger partial charge in [0.25, 0.3) is 0 Å². The highest BCUT2D eigenvalue weighted by atomic mass is 16.5. The fourth-order valence-electron chi connectivity index (χ4n) is 3.52. The van der Waals surface area contributed by atoms with Crippen molar-refractivity contribution < 1.29 is 24.1 Å². The number of hydrogen-bond donors (Lipinski definition) is 1. The summed E-state index contributed by atoms with van der Waals surface area (Å²) in [7, 11) is 3.25. The number of rotatable bonds is 9. The van der Waals surface area contributed by atoms with E-state index in [1.165, 1.54) is 0 Å². The first kappa shape index (κ1) is 21.9. The molecule has 1 amide bonds. The Bertz CT molecular complexity index is 811. The molecule has 1 aliphatic heterocycles. The number of β-amino-alcohol motifs (C(OH)–C–C–N with tert-alkyl or cyclic N) is 1. The summed E-state index contributed by atoms with van der Waals surface area (Å²) in [5.74, 6) is 1.52. The van der Waals surface area contributed by atoms with Gasteiger partial charge in [0.2, 0.25) is 5.91 Å². The number of nitrogens with zero attached hydrogens (tertiary/aromatic N) is 2. The second-order valence-electron chi connectivity index (χ2n) is 7.27. The number of fused-ring (bicyclic) bond motifs is 1. The van der Waals surface area contributed by atoms with Gasteiger partial charge >= 0.3 is 0 Å². The molecule has 0 aromatic heterocycles. The van der Waals surface area contributed by atoms with E-state index in [9.17, 15) is 9.90 Å². The molecule has 7 nitrogen and oxygen atoms in total. The molecule has 0 spiro atoms. The van der Waals surface area contributed by atoms with Crippen molar-refractivity contribution in [3.05, 3.63) is 54.1 Å². The fourth-order valence-corrected chi connectivity index (χ4v) is 3.52. The van der Waals surface area contributed by atoms with E-state index in [0.29, 0.717) is 45.0 Å². The first-order chi connectivity index (χ1) is 14.6. The van der Waals surface area contributed by atoms with Crippen LogP contribution in [-0.4, -0.2) is 69.1 Å². The average Bonchev–Trinajstić information content (AvgIpc) is 2.77. The first-order valence-electron chi connectivity index (χ1n) is 10.1. The molecular formula is C23H30N2O5. The van der Waals surface area contributed by atoms with Crippen LogP contribution in [0.1, 0.15) is 12.0 Å². The van der Waals surface area contributed by atoms with Crippen molar-refractivity contribution in [2.45, 2.75) is 19.1 Å². The standard InChI is InChI=1S/C23H30N2O5/c1-28-14-13-25-15-18-5-3-4-6-22(18)24(12-11-23(25)27)16-19(26)17-30-21-9-7-20(29-2)8-10-21/h3-10,19,26H,11-17H2,1-2H3. The van der Waals surface area contributed by atoms with E-state index >= 15 is 0 Å². The number of methoxy groups -OCH3 is 2. The van der Waals surface area contributed by atoms with Crippen LogP contribution in [0, 0.1) is 0 Å². The van der Waals surface area contributed by atoms with Gasteiger partial charge in [-0.3, -0.25) is 4.79 Å². The maximum Gasteiger partial charge on any atom is 0.224 e. The summed E-state index contributed by atoms with van der Waals surface area (Å²) in [6.07, 6.45) is -0.302. The minimum Gasteiger partial charge on any atom is -0.497 e. The van der Waals surface area contributed by atoms with Gasteiger partial charge in [-0.15, -0.1) is 0 Å². The zero-order chi connectivity index (χ0) is 21.3. The zero-order valence-electron chi connectivity index (χ0n) is 17.6. The number of amides is 1. The summed E-state index contributed by atoms with van der Waals surface area (Å²) < 4.78 is 16.0. The Morgan fingerprint density at radius 3 is 2.50 bits per heavy atom. The van der Waals surface area contributed by atoms with Crippen molar-refractivity contribution in [1.82, 2.24) is 4.90 Å². The van der Waals surface area contributed by atoms with Crippen molar-refractivity contribution in [3.63, 3.8) is 0 Å². The van der Waals surface area contributed by atoms with E-state index in [1.54, 1.807) is 14.2 Å². The largest absolute Gasteiger partial charge is 0.497 e. The summed E-state index contributed by atoms with van der Waals surface area (Å²) in [6, 6.07) is 15.3. The van der Waals surface area contributed by atoms with E-state index in [1.807, 2.05) is 53.4 Å². The Balaban J connectivity index is 1.64. The molecule has 1 unspecified atom stereocenters. The second-order valence-corrected chi connectivity index (χ2v) is 7.27. The van der Waals surface area contributed by atoms with Gasteiger partial charge in [0, 0.05) is 45.4 Å². The van der Waals surface area contributed by atoms with Gasteiger partial charge < -0.3 is 29.1 Å². The van der Waals surface area contributed by atoms with Crippen LogP contribution in [0.25, 0.3) is 0 Å². The number of hydrogen-bond acceptors (Lipinski definition) is 6. The minimum atomic E-state index is -0.695. The summed E-state index contributed by atoms with van der Waals surface area (Å²) in [4.78, 5) is 16.5. The van der Waals surface area contributed by atoms with Crippen molar-refractivity contribution in [2.75, 3.05) is 52.0 Å². The lowest BCUT2D eigenvalue weighted by Gasteiger charge is -2.34. The molecule has 0 bridgehead atoms. The summed E-state index contributed by atoms with van der Waals surface area (Å²) >= 11 is 0. The van der Waals surface area contributed by atoms with Crippen LogP contribution in [0.3, 0.4) is 0 Å². The Kier molecular flexibility index (Phi) is 7.93. The molecule has 162 valence electrons.